The molecule has 2 aromatic rings. The first-order valence-electron chi connectivity index (χ1n) is 6.73. The zero-order valence-corrected chi connectivity index (χ0v) is 10.6. The highest BCUT2D eigenvalue weighted by atomic mass is 16.1. The van der Waals surface area contributed by atoms with Crippen LogP contribution >= 0.6 is 0 Å². The van der Waals surface area contributed by atoms with Crippen LogP contribution in [-0.2, 0) is 24.1 Å². The van der Waals surface area contributed by atoms with E-state index in [-0.39, 0.29) is 0 Å². The van der Waals surface area contributed by atoms with Gasteiger partial charge in [0.1, 0.15) is 5.78 Å². The minimum absolute atomic E-state index is 0.337. The van der Waals surface area contributed by atoms with Crippen LogP contribution < -0.4 is 0 Å². The minimum atomic E-state index is 0.337. The lowest BCUT2D eigenvalue weighted by atomic mass is 9.97. The van der Waals surface area contributed by atoms with Crippen LogP contribution in [0.1, 0.15) is 22.3 Å². The monoisotopic (exact) mass is 246 g/mol. The molecule has 92 valence electrons. The number of hydrogen-bond donors (Lipinski definition) is 0. The summed E-state index contributed by atoms with van der Waals surface area (Å²) in [7, 11) is 0. The fourth-order valence-corrected chi connectivity index (χ4v) is 3.06. The Bertz CT molecular complexity index is 722. The molecule has 0 aliphatic heterocycles. The molecule has 0 heterocycles. The quantitative estimate of drug-likeness (QED) is 0.751. The van der Waals surface area contributed by atoms with Crippen LogP contribution in [0.2, 0.25) is 0 Å². The molecule has 0 N–H and O–H groups in total. The van der Waals surface area contributed by atoms with Crippen molar-refractivity contribution in [3.8, 4) is 11.1 Å². The second kappa shape index (κ2) is 3.92. The highest BCUT2D eigenvalue weighted by Gasteiger charge is 2.18. The molecular weight excluding hydrogens is 232 g/mol. The Balaban J connectivity index is 1.79. The Morgan fingerprint density at radius 2 is 1.53 bits per heavy atom. The van der Waals surface area contributed by atoms with Crippen molar-refractivity contribution in [2.75, 3.05) is 0 Å². The molecule has 19 heavy (non-hydrogen) atoms. The van der Waals surface area contributed by atoms with E-state index in [4.69, 9.17) is 0 Å². The smallest absolute Gasteiger partial charge is 0.141 e. The van der Waals surface area contributed by atoms with Crippen LogP contribution in [0.3, 0.4) is 0 Å². The lowest BCUT2D eigenvalue weighted by Gasteiger charge is -2.07. The van der Waals surface area contributed by atoms with Gasteiger partial charge in [-0.05, 0) is 45.9 Å². The van der Waals surface area contributed by atoms with Crippen molar-refractivity contribution in [1.82, 2.24) is 0 Å². The van der Waals surface area contributed by atoms with Gasteiger partial charge in [0.25, 0.3) is 0 Å². The first-order valence-corrected chi connectivity index (χ1v) is 6.73. The van der Waals surface area contributed by atoms with Crippen molar-refractivity contribution in [1.29, 1.82) is 0 Å². The number of benzene rings is 2. The SMILES string of the molecule is O=C1Cc2ccc(-c3ccc4c(c3)C=CC4)cc2C1. The van der Waals surface area contributed by atoms with E-state index < -0.39 is 0 Å². The fraction of sp³-hybridized carbons (Fsp3) is 0.167. The van der Waals surface area contributed by atoms with Crippen LogP contribution in [0.4, 0.5) is 0 Å². The summed E-state index contributed by atoms with van der Waals surface area (Å²) in [5.41, 5.74) is 7.60. The number of carbonyl (C=O) groups is 1. The van der Waals surface area contributed by atoms with Crippen molar-refractivity contribution >= 4 is 11.9 Å². The Kier molecular flexibility index (Phi) is 2.22. The average Bonchev–Trinajstić information content (AvgIpc) is 3.01. The van der Waals surface area contributed by atoms with Gasteiger partial charge in [-0.15, -0.1) is 0 Å². The molecule has 2 aliphatic rings. The summed E-state index contributed by atoms with van der Waals surface area (Å²) in [4.78, 5) is 11.5. The van der Waals surface area contributed by atoms with Crippen molar-refractivity contribution < 1.29 is 4.79 Å². The van der Waals surface area contributed by atoms with E-state index in [1.165, 1.54) is 33.4 Å². The summed E-state index contributed by atoms with van der Waals surface area (Å²) in [6, 6.07) is 13.1. The number of allylic oxidation sites excluding steroid dienone is 1. The molecule has 4 rings (SSSR count). The summed E-state index contributed by atoms with van der Waals surface area (Å²) in [6.07, 6.45) is 6.66. The number of Topliss-reactive ketones (excluding diaryl/α,β-unsaturated/α-hetero) is 1. The van der Waals surface area contributed by atoms with Crippen molar-refractivity contribution in [2.45, 2.75) is 19.3 Å². The molecule has 0 spiro atoms. The molecule has 2 aliphatic carbocycles. The van der Waals surface area contributed by atoms with E-state index in [2.05, 4.69) is 48.6 Å². The summed E-state index contributed by atoms with van der Waals surface area (Å²) in [5, 5.41) is 0. The lowest BCUT2D eigenvalue weighted by Crippen LogP contribution is -1.92. The number of rotatable bonds is 1. The maximum atomic E-state index is 11.5. The second-order valence-electron chi connectivity index (χ2n) is 5.40. The van der Waals surface area contributed by atoms with E-state index in [0.717, 1.165) is 6.42 Å². The summed E-state index contributed by atoms with van der Waals surface area (Å²) < 4.78 is 0. The van der Waals surface area contributed by atoms with Gasteiger partial charge in [0.05, 0.1) is 0 Å². The standard InChI is InChI=1S/C18H14O/c19-18-10-16-7-6-15(9-17(16)11-18)14-5-4-12-2-1-3-13(12)8-14/h1,3-9H,2,10-11H2. The first-order chi connectivity index (χ1) is 9.29. The van der Waals surface area contributed by atoms with E-state index in [1.807, 2.05) is 0 Å². The Morgan fingerprint density at radius 1 is 0.789 bits per heavy atom. The zero-order chi connectivity index (χ0) is 12.8. The molecular formula is C18H14O. The highest BCUT2D eigenvalue weighted by Crippen LogP contribution is 2.30. The second-order valence-corrected chi connectivity index (χ2v) is 5.40. The molecule has 0 bridgehead atoms. The van der Waals surface area contributed by atoms with E-state index in [1.54, 1.807) is 0 Å². The summed E-state index contributed by atoms with van der Waals surface area (Å²) in [6.45, 7) is 0. The molecule has 0 radical (unpaired) electrons. The van der Waals surface area contributed by atoms with Crippen molar-refractivity contribution in [3.05, 3.63) is 64.7 Å². The van der Waals surface area contributed by atoms with Crippen LogP contribution in [0.5, 0.6) is 0 Å². The predicted octanol–water partition coefficient (Wildman–Crippen LogP) is 3.59. The van der Waals surface area contributed by atoms with Crippen LogP contribution in [0.15, 0.2) is 42.5 Å². The molecule has 0 amide bonds. The highest BCUT2D eigenvalue weighted by molar-refractivity contribution is 5.88. The van der Waals surface area contributed by atoms with E-state index >= 15 is 0 Å². The van der Waals surface area contributed by atoms with Gasteiger partial charge >= 0.3 is 0 Å². The van der Waals surface area contributed by atoms with E-state index in [9.17, 15) is 4.79 Å². The third kappa shape index (κ3) is 1.74. The molecule has 0 atom stereocenters. The molecule has 0 saturated carbocycles. The Morgan fingerprint density at radius 3 is 2.42 bits per heavy atom. The number of ketones is 1. The molecule has 0 aromatic heterocycles. The molecule has 2 aromatic carbocycles. The van der Waals surface area contributed by atoms with Gasteiger partial charge in [0.2, 0.25) is 0 Å². The van der Waals surface area contributed by atoms with Crippen LogP contribution in [0, 0.1) is 0 Å². The number of hydrogen-bond acceptors (Lipinski definition) is 1. The molecule has 1 heteroatoms. The molecule has 0 saturated heterocycles. The summed E-state index contributed by atoms with van der Waals surface area (Å²) >= 11 is 0. The maximum Gasteiger partial charge on any atom is 0.141 e. The summed E-state index contributed by atoms with van der Waals surface area (Å²) in [5.74, 6) is 0.337. The van der Waals surface area contributed by atoms with Gasteiger partial charge in [0, 0.05) is 12.8 Å². The van der Waals surface area contributed by atoms with Gasteiger partial charge < -0.3 is 0 Å². The molecule has 0 unspecified atom stereocenters. The number of carbonyl (C=O) groups excluding carboxylic acids is 1. The Labute approximate surface area is 112 Å². The normalized spacial score (nSPS) is 15.7. The minimum Gasteiger partial charge on any atom is -0.299 e. The third-order valence-corrected chi connectivity index (χ3v) is 4.10. The van der Waals surface area contributed by atoms with Crippen molar-refractivity contribution in [2.24, 2.45) is 0 Å². The average molecular weight is 246 g/mol. The predicted molar refractivity (Wildman–Crippen MR) is 77.0 cm³/mol. The molecule has 0 fully saturated rings. The first kappa shape index (κ1) is 10.7. The van der Waals surface area contributed by atoms with Gasteiger partial charge in [-0.3, -0.25) is 4.79 Å². The van der Waals surface area contributed by atoms with Gasteiger partial charge in [-0.1, -0.05) is 42.5 Å². The Hall–Kier alpha value is -2.15. The fourth-order valence-electron chi connectivity index (χ4n) is 3.06. The maximum absolute atomic E-state index is 11.5. The van der Waals surface area contributed by atoms with Gasteiger partial charge in [-0.2, -0.15) is 0 Å². The van der Waals surface area contributed by atoms with Crippen LogP contribution in [-0.4, -0.2) is 5.78 Å². The zero-order valence-electron chi connectivity index (χ0n) is 10.6. The largest absolute Gasteiger partial charge is 0.299 e. The topological polar surface area (TPSA) is 17.1 Å². The number of fused-ring (bicyclic) bond motifs is 2. The van der Waals surface area contributed by atoms with Gasteiger partial charge in [-0.25, -0.2) is 0 Å². The molecule has 1 nitrogen and oxygen atoms in total. The van der Waals surface area contributed by atoms with E-state index in [0.29, 0.717) is 18.6 Å². The van der Waals surface area contributed by atoms with Crippen molar-refractivity contribution in [3.63, 3.8) is 0 Å². The third-order valence-electron chi connectivity index (χ3n) is 4.10. The van der Waals surface area contributed by atoms with Gasteiger partial charge in [0.15, 0.2) is 0 Å². The van der Waals surface area contributed by atoms with Crippen LogP contribution in [0.25, 0.3) is 17.2 Å². The lowest BCUT2D eigenvalue weighted by molar-refractivity contribution is -0.117.